The number of aryl methyl sites for hydroxylation is 1. The molecule has 0 N–H and O–H groups in total. The Hall–Kier alpha value is -0.793. The van der Waals surface area contributed by atoms with Gasteiger partial charge in [0.05, 0.1) is 10.2 Å². The zero-order chi connectivity index (χ0) is 9.42. The molecule has 0 aliphatic carbocycles. The largest absolute Gasteiger partial charge is 0.0840 e. The fraction of sp³-hybridized carbons (Fsp3) is 0.0909. The van der Waals surface area contributed by atoms with Gasteiger partial charge in [-0.1, -0.05) is 41.1 Å². The van der Waals surface area contributed by atoms with E-state index in [2.05, 4.69) is 22.4 Å². The average molecular weight is 204 g/mol. The van der Waals surface area contributed by atoms with Crippen molar-refractivity contribution in [3.8, 4) is 0 Å². The van der Waals surface area contributed by atoms with Crippen LogP contribution >= 0.6 is 11.6 Å². The van der Waals surface area contributed by atoms with Crippen molar-refractivity contribution in [2.24, 2.45) is 0 Å². The van der Waals surface area contributed by atoms with E-state index in [1.807, 2.05) is 25.1 Å². The van der Waals surface area contributed by atoms with Gasteiger partial charge < -0.3 is 0 Å². The van der Waals surface area contributed by atoms with E-state index in [-0.39, 0.29) is 0 Å². The molecule has 0 bridgehead atoms. The van der Waals surface area contributed by atoms with Crippen molar-refractivity contribution in [3.05, 3.63) is 40.9 Å². The number of benzene rings is 2. The molecule has 0 heterocycles. The highest BCUT2D eigenvalue weighted by atomic mass is 35.5. The van der Waals surface area contributed by atoms with Gasteiger partial charge in [-0.3, -0.25) is 0 Å². The first-order chi connectivity index (χ1) is 6.18. The Bertz CT molecular complexity index is 463. The van der Waals surface area contributed by atoms with Crippen LogP contribution < -0.4 is 5.19 Å². The van der Waals surface area contributed by atoms with Crippen LogP contribution in [0.5, 0.6) is 0 Å². The summed E-state index contributed by atoms with van der Waals surface area (Å²) in [7, 11) is 3.56. The summed E-state index contributed by atoms with van der Waals surface area (Å²) in [4.78, 5) is 0. The van der Waals surface area contributed by atoms with E-state index in [0.29, 0.717) is 0 Å². The number of rotatable bonds is 0. The Morgan fingerprint density at radius 2 is 2.00 bits per heavy atom. The first-order valence-corrected chi connectivity index (χ1v) is 4.97. The summed E-state index contributed by atoms with van der Waals surface area (Å²) in [5.74, 6) is 0. The second-order valence-corrected chi connectivity index (χ2v) is 4.07. The van der Waals surface area contributed by atoms with E-state index in [0.717, 1.165) is 15.8 Å². The standard InChI is InChI=1S/C11H8ClSi/c1-7-5-9-8(6-10(7)12)3-2-4-11(9)13/h2-6H,1H3. The Kier molecular flexibility index (Phi) is 2.14. The van der Waals surface area contributed by atoms with Crippen LogP contribution in [0, 0.1) is 6.92 Å². The molecule has 2 aromatic rings. The van der Waals surface area contributed by atoms with Gasteiger partial charge in [0.25, 0.3) is 0 Å². The maximum Gasteiger partial charge on any atom is 0.0720 e. The van der Waals surface area contributed by atoms with Gasteiger partial charge in [0.1, 0.15) is 0 Å². The highest BCUT2D eigenvalue weighted by Crippen LogP contribution is 2.21. The van der Waals surface area contributed by atoms with Crippen molar-refractivity contribution >= 4 is 37.8 Å². The molecular weight excluding hydrogens is 196 g/mol. The van der Waals surface area contributed by atoms with E-state index in [1.54, 1.807) is 0 Å². The third-order valence-electron chi connectivity index (χ3n) is 2.16. The number of hydrogen-bond donors (Lipinski definition) is 0. The molecule has 0 amide bonds. The fourth-order valence-corrected chi connectivity index (χ4v) is 1.89. The predicted molar refractivity (Wildman–Crippen MR) is 59.1 cm³/mol. The normalized spacial score (nSPS) is 10.7. The highest BCUT2D eigenvalue weighted by molar-refractivity contribution is 6.39. The fourth-order valence-electron chi connectivity index (χ4n) is 1.41. The molecule has 0 aromatic heterocycles. The summed E-state index contributed by atoms with van der Waals surface area (Å²) in [5.41, 5.74) is 1.11. The monoisotopic (exact) mass is 203 g/mol. The van der Waals surface area contributed by atoms with Crippen molar-refractivity contribution in [2.45, 2.75) is 6.92 Å². The Morgan fingerprint density at radius 1 is 1.23 bits per heavy atom. The maximum absolute atomic E-state index is 6.02. The quantitative estimate of drug-likeness (QED) is 0.578. The smallest absolute Gasteiger partial charge is 0.0720 e. The second kappa shape index (κ2) is 3.16. The Balaban J connectivity index is 2.89. The summed E-state index contributed by atoms with van der Waals surface area (Å²) in [6.07, 6.45) is 0. The van der Waals surface area contributed by atoms with Gasteiger partial charge in [0.15, 0.2) is 0 Å². The van der Waals surface area contributed by atoms with E-state index in [4.69, 9.17) is 11.6 Å². The molecule has 0 saturated carbocycles. The van der Waals surface area contributed by atoms with Crippen molar-refractivity contribution in [3.63, 3.8) is 0 Å². The molecule has 2 heteroatoms. The first-order valence-electron chi connectivity index (χ1n) is 4.09. The third kappa shape index (κ3) is 1.50. The van der Waals surface area contributed by atoms with Gasteiger partial charge >= 0.3 is 0 Å². The van der Waals surface area contributed by atoms with Crippen molar-refractivity contribution in [2.75, 3.05) is 0 Å². The minimum absolute atomic E-state index is 0.824. The molecule has 0 aliphatic heterocycles. The molecule has 0 aliphatic rings. The molecule has 13 heavy (non-hydrogen) atoms. The van der Waals surface area contributed by atoms with Gasteiger partial charge in [-0.15, -0.1) is 0 Å². The highest BCUT2D eigenvalue weighted by Gasteiger charge is 2.00. The number of hydrogen-bond acceptors (Lipinski definition) is 0. The molecule has 0 atom stereocenters. The first kappa shape index (κ1) is 8.79. The molecule has 0 saturated heterocycles. The topological polar surface area (TPSA) is 0 Å². The minimum atomic E-state index is 0.824. The predicted octanol–water partition coefficient (Wildman–Crippen LogP) is 2.60. The van der Waals surface area contributed by atoms with Crippen LogP contribution in [0.25, 0.3) is 10.8 Å². The zero-order valence-electron chi connectivity index (χ0n) is 7.26. The lowest BCUT2D eigenvalue weighted by atomic mass is 10.1. The summed E-state index contributed by atoms with van der Waals surface area (Å²) in [6, 6.07) is 10.2. The molecule has 2 rings (SSSR count). The summed E-state index contributed by atoms with van der Waals surface area (Å²) < 4.78 is 0. The van der Waals surface area contributed by atoms with Crippen LogP contribution in [0.4, 0.5) is 0 Å². The molecular formula is C11H8ClSi. The van der Waals surface area contributed by atoms with E-state index >= 15 is 0 Å². The van der Waals surface area contributed by atoms with Crippen LogP contribution in [0.3, 0.4) is 0 Å². The number of halogens is 1. The molecule has 0 spiro atoms. The van der Waals surface area contributed by atoms with Crippen molar-refractivity contribution in [1.82, 2.24) is 0 Å². The van der Waals surface area contributed by atoms with Gasteiger partial charge in [-0.05, 0) is 29.3 Å². The molecule has 2 aromatic carbocycles. The van der Waals surface area contributed by atoms with Crippen molar-refractivity contribution < 1.29 is 0 Å². The lowest BCUT2D eigenvalue weighted by Gasteiger charge is -2.04. The average Bonchev–Trinajstić information content (AvgIpc) is 2.09. The van der Waals surface area contributed by atoms with Gasteiger partial charge in [-0.25, -0.2) is 0 Å². The summed E-state index contributed by atoms with van der Waals surface area (Å²) in [6.45, 7) is 2.01. The van der Waals surface area contributed by atoms with Crippen LogP contribution in [0.1, 0.15) is 5.56 Å². The molecule has 63 valence electrons. The molecule has 0 nitrogen and oxygen atoms in total. The lowest BCUT2D eigenvalue weighted by Crippen LogP contribution is -2.02. The summed E-state index contributed by atoms with van der Waals surface area (Å²) in [5, 5.41) is 4.31. The zero-order valence-corrected chi connectivity index (χ0v) is 9.02. The van der Waals surface area contributed by atoms with Gasteiger partial charge in [0, 0.05) is 5.02 Å². The Labute approximate surface area is 86.0 Å². The molecule has 0 fully saturated rings. The summed E-state index contributed by atoms with van der Waals surface area (Å²) >= 11 is 6.02. The Morgan fingerprint density at radius 3 is 2.77 bits per heavy atom. The van der Waals surface area contributed by atoms with Crippen LogP contribution in [-0.2, 0) is 0 Å². The van der Waals surface area contributed by atoms with E-state index in [1.165, 1.54) is 10.8 Å². The van der Waals surface area contributed by atoms with Crippen LogP contribution in [0.15, 0.2) is 30.3 Å². The van der Waals surface area contributed by atoms with Gasteiger partial charge in [-0.2, -0.15) is 0 Å². The van der Waals surface area contributed by atoms with E-state index < -0.39 is 0 Å². The maximum atomic E-state index is 6.02. The van der Waals surface area contributed by atoms with Crippen LogP contribution in [0.2, 0.25) is 5.02 Å². The molecule has 3 radical (unpaired) electrons. The van der Waals surface area contributed by atoms with Gasteiger partial charge in [0.2, 0.25) is 0 Å². The number of fused-ring (bicyclic) bond motifs is 1. The third-order valence-corrected chi connectivity index (χ3v) is 3.00. The van der Waals surface area contributed by atoms with E-state index in [9.17, 15) is 0 Å². The minimum Gasteiger partial charge on any atom is -0.0840 e. The van der Waals surface area contributed by atoms with Crippen LogP contribution in [-0.4, -0.2) is 10.2 Å². The van der Waals surface area contributed by atoms with Crippen molar-refractivity contribution in [1.29, 1.82) is 0 Å². The second-order valence-electron chi connectivity index (χ2n) is 3.13. The molecule has 0 unspecified atom stereocenters. The SMILES string of the molecule is Cc1cc2c([Si])cccc2cc1Cl. The lowest BCUT2D eigenvalue weighted by molar-refractivity contribution is 1.51.